The number of carbonyl (C=O) groups is 1. The van der Waals surface area contributed by atoms with E-state index in [0.717, 1.165) is 4.91 Å². The number of aliphatic hydroxyl groups excluding tert-OH is 1. The molecule has 0 bridgehead atoms. The molecule has 44 valence electrons. The molecule has 1 aliphatic heterocycles. The van der Waals surface area contributed by atoms with Crippen LogP contribution in [-0.4, -0.2) is 16.6 Å². The number of carbonyl (C=O) groups excluding carboxylic acids is 1. The van der Waals surface area contributed by atoms with Crippen molar-refractivity contribution in [2.24, 2.45) is 0 Å². The van der Waals surface area contributed by atoms with Gasteiger partial charge in [-0.2, -0.15) is 0 Å². The van der Waals surface area contributed by atoms with Gasteiger partial charge >= 0.3 is 0 Å². The Labute approximate surface area is 51.6 Å². The molecule has 0 fully saturated rings. The molecule has 1 rings (SSSR count). The molecule has 8 heavy (non-hydrogen) atoms. The maximum Gasteiger partial charge on any atom is 0.208 e. The van der Waals surface area contributed by atoms with Gasteiger partial charge in [0.2, 0.25) is 5.78 Å². The van der Waals surface area contributed by atoms with Crippen LogP contribution in [0, 0.1) is 0 Å². The molecule has 3 heteroatoms. The Morgan fingerprint density at radius 1 is 1.75 bits per heavy atom. The van der Waals surface area contributed by atoms with Crippen LogP contribution < -0.4 is 0 Å². The van der Waals surface area contributed by atoms with Gasteiger partial charge in [-0.3, -0.25) is 4.79 Å². The molecule has 0 atom stereocenters. The second-order valence-corrected chi connectivity index (χ2v) is 2.81. The summed E-state index contributed by atoms with van der Waals surface area (Å²) in [5.41, 5.74) is 0. The molecule has 0 aromatic carbocycles. The third-order valence-corrected chi connectivity index (χ3v) is 2.05. The van der Waals surface area contributed by atoms with Gasteiger partial charge in [-0.1, -0.05) is 0 Å². The summed E-state index contributed by atoms with van der Waals surface area (Å²) < 4.78 is 0. The summed E-state index contributed by atoms with van der Waals surface area (Å²) in [6.45, 7) is 1.74. The predicted molar refractivity (Wildman–Crippen MR) is 32.8 cm³/mol. The maximum absolute atomic E-state index is 10.5. The smallest absolute Gasteiger partial charge is 0.208 e. The van der Waals surface area contributed by atoms with E-state index in [1.807, 2.05) is 0 Å². The Balaban J connectivity index is 2.86. The van der Waals surface area contributed by atoms with Crippen LogP contribution in [0.4, 0.5) is 0 Å². The first kappa shape index (κ1) is 5.69. The number of thioether (sulfide) groups is 1. The van der Waals surface area contributed by atoms with E-state index in [9.17, 15) is 4.79 Å². The van der Waals surface area contributed by atoms with E-state index >= 15 is 0 Å². The molecular formula is C5H6O2S. The van der Waals surface area contributed by atoms with E-state index in [1.165, 1.54) is 11.8 Å². The molecule has 1 N–H and O–H groups in total. The van der Waals surface area contributed by atoms with Crippen molar-refractivity contribution in [2.45, 2.75) is 6.92 Å². The van der Waals surface area contributed by atoms with Crippen molar-refractivity contribution in [3.05, 3.63) is 10.7 Å². The number of Topliss-reactive ketones (excluding diaryl/α,β-unsaturated/α-hetero) is 1. The van der Waals surface area contributed by atoms with Crippen molar-refractivity contribution in [1.29, 1.82) is 0 Å². The molecule has 1 heterocycles. The molecule has 0 saturated carbocycles. The van der Waals surface area contributed by atoms with E-state index < -0.39 is 0 Å². The summed E-state index contributed by atoms with van der Waals surface area (Å²) in [5, 5.41) is 8.78. The first-order chi connectivity index (χ1) is 3.72. The predicted octanol–water partition coefficient (Wildman–Crippen LogP) is 1.09. The molecule has 0 spiro atoms. The fourth-order valence-corrected chi connectivity index (χ4v) is 1.24. The van der Waals surface area contributed by atoms with E-state index in [1.54, 1.807) is 6.92 Å². The van der Waals surface area contributed by atoms with E-state index in [2.05, 4.69) is 0 Å². The summed E-state index contributed by atoms with van der Waals surface area (Å²) in [6, 6.07) is 0. The topological polar surface area (TPSA) is 37.3 Å². The molecule has 0 unspecified atom stereocenters. The SMILES string of the molecule is CC1=C(O)C(=O)CS1. The van der Waals surface area contributed by atoms with Crippen LogP contribution in [0.5, 0.6) is 0 Å². The zero-order valence-corrected chi connectivity index (χ0v) is 5.29. The Kier molecular flexibility index (Phi) is 1.29. The molecule has 0 amide bonds. The highest BCUT2D eigenvalue weighted by Crippen LogP contribution is 2.25. The Hall–Kier alpha value is -0.440. The van der Waals surface area contributed by atoms with Crippen LogP contribution in [0.2, 0.25) is 0 Å². The number of allylic oxidation sites excluding steroid dienone is 2. The largest absolute Gasteiger partial charge is 0.504 e. The quantitative estimate of drug-likeness (QED) is 0.533. The second kappa shape index (κ2) is 1.82. The fourth-order valence-electron chi connectivity index (χ4n) is 0.507. The molecular weight excluding hydrogens is 124 g/mol. The molecule has 0 radical (unpaired) electrons. The van der Waals surface area contributed by atoms with Crippen LogP contribution in [0.1, 0.15) is 6.92 Å². The number of ketones is 1. The lowest BCUT2D eigenvalue weighted by Crippen LogP contribution is -1.97. The van der Waals surface area contributed by atoms with Crippen LogP contribution >= 0.6 is 11.8 Å². The molecule has 0 aliphatic carbocycles. The zero-order valence-electron chi connectivity index (χ0n) is 4.47. The van der Waals surface area contributed by atoms with Crippen LogP contribution in [-0.2, 0) is 4.79 Å². The van der Waals surface area contributed by atoms with Crippen molar-refractivity contribution in [1.82, 2.24) is 0 Å². The minimum absolute atomic E-state index is 0.0463. The molecule has 1 aliphatic rings. The Morgan fingerprint density at radius 3 is 2.50 bits per heavy atom. The van der Waals surface area contributed by atoms with E-state index in [0.29, 0.717) is 5.75 Å². The van der Waals surface area contributed by atoms with Gasteiger partial charge in [-0.05, 0) is 6.92 Å². The van der Waals surface area contributed by atoms with Gasteiger partial charge in [-0.15, -0.1) is 11.8 Å². The zero-order chi connectivity index (χ0) is 6.15. The highest BCUT2D eigenvalue weighted by atomic mass is 32.2. The van der Waals surface area contributed by atoms with Gasteiger partial charge in [0.25, 0.3) is 0 Å². The van der Waals surface area contributed by atoms with Crippen LogP contribution in [0.3, 0.4) is 0 Å². The molecule has 2 nitrogen and oxygen atoms in total. The highest BCUT2D eigenvalue weighted by Gasteiger charge is 2.18. The van der Waals surface area contributed by atoms with Crippen LogP contribution in [0.25, 0.3) is 0 Å². The van der Waals surface area contributed by atoms with Gasteiger partial charge in [0, 0.05) is 4.91 Å². The van der Waals surface area contributed by atoms with Crippen molar-refractivity contribution < 1.29 is 9.90 Å². The lowest BCUT2D eigenvalue weighted by atomic mass is 10.3. The molecule has 0 aromatic heterocycles. The van der Waals surface area contributed by atoms with Crippen molar-refractivity contribution in [3.8, 4) is 0 Å². The van der Waals surface area contributed by atoms with E-state index in [4.69, 9.17) is 5.11 Å². The van der Waals surface area contributed by atoms with Gasteiger partial charge in [0.1, 0.15) is 0 Å². The Bertz CT molecular complexity index is 160. The molecule has 0 aromatic rings. The summed E-state index contributed by atoms with van der Waals surface area (Å²) in [6.07, 6.45) is 0. The number of rotatable bonds is 0. The van der Waals surface area contributed by atoms with Crippen molar-refractivity contribution >= 4 is 17.5 Å². The lowest BCUT2D eigenvalue weighted by molar-refractivity contribution is -0.115. The number of hydrogen-bond acceptors (Lipinski definition) is 3. The molecule has 0 saturated heterocycles. The maximum atomic E-state index is 10.5. The monoisotopic (exact) mass is 130 g/mol. The van der Waals surface area contributed by atoms with Gasteiger partial charge < -0.3 is 5.11 Å². The lowest BCUT2D eigenvalue weighted by Gasteiger charge is -1.84. The average molecular weight is 130 g/mol. The van der Waals surface area contributed by atoms with Crippen molar-refractivity contribution in [2.75, 3.05) is 5.75 Å². The average Bonchev–Trinajstić information content (AvgIpc) is 1.98. The van der Waals surface area contributed by atoms with Crippen molar-refractivity contribution in [3.63, 3.8) is 0 Å². The Morgan fingerprint density at radius 2 is 2.38 bits per heavy atom. The minimum atomic E-state index is -0.146. The summed E-state index contributed by atoms with van der Waals surface area (Å²) in [4.78, 5) is 11.2. The normalized spacial score (nSPS) is 20.4. The summed E-state index contributed by atoms with van der Waals surface area (Å²) >= 11 is 1.39. The second-order valence-electron chi connectivity index (χ2n) is 1.62. The standard InChI is InChI=1S/C5H6O2S/c1-3-5(7)4(6)2-8-3/h7H,2H2,1H3. The third kappa shape index (κ3) is 0.733. The number of aliphatic hydroxyl groups is 1. The summed E-state index contributed by atoms with van der Waals surface area (Å²) in [5.74, 6) is 0.222. The first-order valence-electron chi connectivity index (χ1n) is 2.27. The van der Waals surface area contributed by atoms with Gasteiger partial charge in [0.05, 0.1) is 5.75 Å². The number of hydrogen-bond donors (Lipinski definition) is 1. The van der Waals surface area contributed by atoms with Gasteiger partial charge in [-0.25, -0.2) is 0 Å². The van der Waals surface area contributed by atoms with Crippen LogP contribution in [0.15, 0.2) is 10.7 Å². The van der Waals surface area contributed by atoms with E-state index in [-0.39, 0.29) is 11.5 Å². The fraction of sp³-hybridized carbons (Fsp3) is 0.400. The highest BCUT2D eigenvalue weighted by molar-refractivity contribution is 8.04. The first-order valence-corrected chi connectivity index (χ1v) is 3.26. The minimum Gasteiger partial charge on any atom is -0.504 e. The summed E-state index contributed by atoms with van der Waals surface area (Å²) in [7, 11) is 0. The van der Waals surface area contributed by atoms with Gasteiger partial charge in [0.15, 0.2) is 5.76 Å². The third-order valence-electron chi connectivity index (χ3n) is 1.02.